The van der Waals surface area contributed by atoms with Gasteiger partial charge in [-0.1, -0.05) is 22.0 Å². The summed E-state index contributed by atoms with van der Waals surface area (Å²) < 4.78 is 6.40. The van der Waals surface area contributed by atoms with E-state index in [0.29, 0.717) is 5.54 Å². The SMILES string of the molecule is COc1cc(Br)ccc1CNC1(C)CC1. The first kappa shape index (κ1) is 11.0. The Morgan fingerprint density at radius 3 is 2.80 bits per heavy atom. The van der Waals surface area contributed by atoms with Crippen LogP contribution in [0.5, 0.6) is 5.75 Å². The molecule has 15 heavy (non-hydrogen) atoms. The van der Waals surface area contributed by atoms with Gasteiger partial charge in [-0.05, 0) is 31.9 Å². The molecule has 82 valence electrons. The van der Waals surface area contributed by atoms with Crippen molar-refractivity contribution >= 4 is 15.9 Å². The van der Waals surface area contributed by atoms with Crippen LogP contribution in [0.1, 0.15) is 25.3 Å². The second-order valence-corrected chi connectivity index (χ2v) is 5.29. The molecule has 2 nitrogen and oxygen atoms in total. The van der Waals surface area contributed by atoms with E-state index >= 15 is 0 Å². The van der Waals surface area contributed by atoms with Gasteiger partial charge < -0.3 is 10.1 Å². The standard InChI is InChI=1S/C12H16BrNO/c1-12(5-6-12)14-8-9-3-4-10(13)7-11(9)15-2/h3-4,7,14H,5-6,8H2,1-2H3. The van der Waals surface area contributed by atoms with Crippen LogP contribution in [-0.4, -0.2) is 12.6 Å². The van der Waals surface area contributed by atoms with E-state index in [2.05, 4.69) is 40.3 Å². The number of hydrogen-bond acceptors (Lipinski definition) is 2. The summed E-state index contributed by atoms with van der Waals surface area (Å²) in [5, 5.41) is 3.55. The van der Waals surface area contributed by atoms with Crippen LogP contribution in [0.2, 0.25) is 0 Å². The molecule has 0 atom stereocenters. The fourth-order valence-corrected chi connectivity index (χ4v) is 1.88. The summed E-state index contributed by atoms with van der Waals surface area (Å²) >= 11 is 3.44. The molecule has 0 spiro atoms. The summed E-state index contributed by atoms with van der Waals surface area (Å²) in [5.41, 5.74) is 1.59. The van der Waals surface area contributed by atoms with Gasteiger partial charge in [0, 0.05) is 22.1 Å². The molecule has 1 aliphatic carbocycles. The minimum absolute atomic E-state index is 0.373. The smallest absolute Gasteiger partial charge is 0.124 e. The summed E-state index contributed by atoms with van der Waals surface area (Å²) in [6.45, 7) is 3.14. The highest BCUT2D eigenvalue weighted by atomic mass is 79.9. The summed E-state index contributed by atoms with van der Waals surface area (Å²) in [4.78, 5) is 0. The fourth-order valence-electron chi connectivity index (χ4n) is 1.54. The Hall–Kier alpha value is -0.540. The Labute approximate surface area is 99.1 Å². The van der Waals surface area contributed by atoms with Crippen molar-refractivity contribution in [1.29, 1.82) is 0 Å². The maximum absolute atomic E-state index is 5.34. The van der Waals surface area contributed by atoms with Gasteiger partial charge in [-0.25, -0.2) is 0 Å². The van der Waals surface area contributed by atoms with Crippen LogP contribution < -0.4 is 10.1 Å². The van der Waals surface area contributed by atoms with E-state index in [1.54, 1.807) is 7.11 Å². The van der Waals surface area contributed by atoms with Crippen molar-refractivity contribution in [2.24, 2.45) is 0 Å². The van der Waals surface area contributed by atoms with Crippen LogP contribution in [0.3, 0.4) is 0 Å². The van der Waals surface area contributed by atoms with Gasteiger partial charge in [-0.2, -0.15) is 0 Å². The van der Waals surface area contributed by atoms with Gasteiger partial charge in [0.2, 0.25) is 0 Å². The average molecular weight is 270 g/mol. The Morgan fingerprint density at radius 2 is 2.20 bits per heavy atom. The van der Waals surface area contributed by atoms with Gasteiger partial charge in [0.1, 0.15) is 5.75 Å². The number of benzene rings is 1. The van der Waals surface area contributed by atoms with E-state index in [0.717, 1.165) is 16.8 Å². The minimum Gasteiger partial charge on any atom is -0.496 e. The molecule has 1 aliphatic rings. The Morgan fingerprint density at radius 1 is 1.47 bits per heavy atom. The van der Waals surface area contributed by atoms with Crippen LogP contribution in [0, 0.1) is 0 Å². The van der Waals surface area contributed by atoms with Gasteiger partial charge in [0.25, 0.3) is 0 Å². The molecule has 1 aromatic carbocycles. The van der Waals surface area contributed by atoms with Gasteiger partial charge in [0.15, 0.2) is 0 Å². The van der Waals surface area contributed by atoms with Crippen molar-refractivity contribution < 1.29 is 4.74 Å². The summed E-state index contributed by atoms with van der Waals surface area (Å²) in [5.74, 6) is 0.945. The third kappa shape index (κ3) is 2.73. The zero-order valence-corrected chi connectivity index (χ0v) is 10.7. The van der Waals surface area contributed by atoms with Crippen molar-refractivity contribution in [3.63, 3.8) is 0 Å². The van der Waals surface area contributed by atoms with Gasteiger partial charge in [-0.3, -0.25) is 0 Å². The highest BCUT2D eigenvalue weighted by Crippen LogP contribution is 2.35. The molecule has 2 rings (SSSR count). The first-order chi connectivity index (χ1) is 7.13. The molecule has 0 saturated heterocycles. The van der Waals surface area contributed by atoms with E-state index in [1.807, 2.05) is 6.07 Å². The van der Waals surface area contributed by atoms with Crippen LogP contribution in [0.4, 0.5) is 0 Å². The second kappa shape index (κ2) is 4.14. The van der Waals surface area contributed by atoms with Gasteiger partial charge in [0.05, 0.1) is 7.11 Å². The summed E-state index contributed by atoms with van der Waals surface area (Å²) in [7, 11) is 1.71. The lowest BCUT2D eigenvalue weighted by molar-refractivity contribution is 0.404. The van der Waals surface area contributed by atoms with Crippen LogP contribution in [0.25, 0.3) is 0 Å². The van der Waals surface area contributed by atoms with Crippen molar-refractivity contribution in [3.8, 4) is 5.75 Å². The minimum atomic E-state index is 0.373. The molecule has 0 aliphatic heterocycles. The lowest BCUT2D eigenvalue weighted by Crippen LogP contribution is -2.27. The highest BCUT2D eigenvalue weighted by Gasteiger charge is 2.36. The lowest BCUT2D eigenvalue weighted by Gasteiger charge is -2.14. The van der Waals surface area contributed by atoms with E-state index < -0.39 is 0 Å². The maximum Gasteiger partial charge on any atom is 0.124 e. The molecule has 0 bridgehead atoms. The number of ether oxygens (including phenoxy) is 1. The molecule has 1 aromatic rings. The highest BCUT2D eigenvalue weighted by molar-refractivity contribution is 9.10. The third-order valence-electron chi connectivity index (χ3n) is 2.95. The van der Waals surface area contributed by atoms with Crippen LogP contribution >= 0.6 is 15.9 Å². The molecule has 0 heterocycles. The predicted molar refractivity (Wildman–Crippen MR) is 65.2 cm³/mol. The number of rotatable bonds is 4. The molecule has 1 N–H and O–H groups in total. The molecule has 0 radical (unpaired) electrons. The van der Waals surface area contributed by atoms with Crippen molar-refractivity contribution in [1.82, 2.24) is 5.32 Å². The zero-order valence-electron chi connectivity index (χ0n) is 9.14. The van der Waals surface area contributed by atoms with Crippen molar-refractivity contribution in [2.45, 2.75) is 31.8 Å². The van der Waals surface area contributed by atoms with Crippen LogP contribution in [0.15, 0.2) is 22.7 Å². The summed E-state index contributed by atoms with van der Waals surface area (Å²) in [6.07, 6.45) is 2.57. The van der Waals surface area contributed by atoms with Gasteiger partial charge in [-0.15, -0.1) is 0 Å². The molecular formula is C12H16BrNO. The maximum atomic E-state index is 5.34. The molecule has 1 fully saturated rings. The zero-order chi connectivity index (χ0) is 10.9. The van der Waals surface area contributed by atoms with Crippen LogP contribution in [-0.2, 0) is 6.54 Å². The lowest BCUT2D eigenvalue weighted by atomic mass is 10.2. The average Bonchev–Trinajstić information content (AvgIpc) is 2.95. The van der Waals surface area contributed by atoms with E-state index in [4.69, 9.17) is 4.74 Å². The molecule has 1 saturated carbocycles. The van der Waals surface area contributed by atoms with E-state index in [9.17, 15) is 0 Å². The molecule has 0 amide bonds. The first-order valence-corrected chi connectivity index (χ1v) is 6.00. The number of methoxy groups -OCH3 is 1. The predicted octanol–water partition coefficient (Wildman–Crippen LogP) is 3.10. The number of hydrogen-bond donors (Lipinski definition) is 1. The second-order valence-electron chi connectivity index (χ2n) is 4.37. The Bertz CT molecular complexity index is 361. The van der Waals surface area contributed by atoms with Gasteiger partial charge >= 0.3 is 0 Å². The van der Waals surface area contributed by atoms with Crippen molar-refractivity contribution in [3.05, 3.63) is 28.2 Å². The number of nitrogens with one attached hydrogen (secondary N) is 1. The van der Waals surface area contributed by atoms with E-state index in [-0.39, 0.29) is 0 Å². The molecule has 3 heteroatoms. The molecular weight excluding hydrogens is 254 g/mol. The fraction of sp³-hybridized carbons (Fsp3) is 0.500. The first-order valence-electron chi connectivity index (χ1n) is 5.20. The monoisotopic (exact) mass is 269 g/mol. The normalized spacial score (nSPS) is 17.5. The Balaban J connectivity index is 2.06. The quantitative estimate of drug-likeness (QED) is 0.907. The molecule has 0 unspecified atom stereocenters. The third-order valence-corrected chi connectivity index (χ3v) is 3.45. The largest absolute Gasteiger partial charge is 0.496 e. The summed E-state index contributed by atoms with van der Waals surface area (Å²) in [6, 6.07) is 6.16. The topological polar surface area (TPSA) is 21.3 Å². The van der Waals surface area contributed by atoms with E-state index in [1.165, 1.54) is 18.4 Å². The Kier molecular flexibility index (Phi) is 3.03. The molecule has 0 aromatic heterocycles. The van der Waals surface area contributed by atoms with Crippen molar-refractivity contribution in [2.75, 3.05) is 7.11 Å². The number of halogens is 1.